The maximum atomic E-state index is 12.0. The van der Waals surface area contributed by atoms with E-state index in [0.717, 1.165) is 5.56 Å². The van der Waals surface area contributed by atoms with Gasteiger partial charge in [0.25, 0.3) is 0 Å². The molecule has 0 radical (unpaired) electrons. The standard InChI is InChI=1S/C11H11FO2/c1-9(7-12)11(13)14-8-10-5-3-2-4-6-10/h2-6H,1,7-8H2. The highest BCUT2D eigenvalue weighted by atomic mass is 19.1. The van der Waals surface area contributed by atoms with Crippen molar-refractivity contribution >= 4 is 5.97 Å². The molecule has 0 fully saturated rings. The summed E-state index contributed by atoms with van der Waals surface area (Å²) in [7, 11) is 0. The van der Waals surface area contributed by atoms with Gasteiger partial charge in [0, 0.05) is 0 Å². The van der Waals surface area contributed by atoms with E-state index in [4.69, 9.17) is 4.74 Å². The van der Waals surface area contributed by atoms with Crippen LogP contribution in [0.1, 0.15) is 5.56 Å². The van der Waals surface area contributed by atoms with Crippen LogP contribution in [0.4, 0.5) is 4.39 Å². The van der Waals surface area contributed by atoms with Crippen molar-refractivity contribution in [2.45, 2.75) is 6.61 Å². The third-order valence-electron chi connectivity index (χ3n) is 1.66. The van der Waals surface area contributed by atoms with Crippen LogP contribution in [0.2, 0.25) is 0 Å². The summed E-state index contributed by atoms with van der Waals surface area (Å²) in [6.45, 7) is 2.52. The quantitative estimate of drug-likeness (QED) is 0.542. The number of ether oxygens (including phenoxy) is 1. The molecule has 1 rings (SSSR count). The first-order valence-electron chi connectivity index (χ1n) is 4.19. The average molecular weight is 194 g/mol. The number of hydrogen-bond donors (Lipinski definition) is 0. The molecule has 3 heteroatoms. The Labute approximate surface area is 82.0 Å². The molecule has 0 saturated heterocycles. The molecule has 2 nitrogen and oxygen atoms in total. The van der Waals surface area contributed by atoms with E-state index in [0.29, 0.717) is 0 Å². The molecule has 74 valence electrons. The van der Waals surface area contributed by atoms with Gasteiger partial charge in [-0.15, -0.1) is 0 Å². The monoisotopic (exact) mass is 194 g/mol. The van der Waals surface area contributed by atoms with E-state index in [-0.39, 0.29) is 12.2 Å². The summed E-state index contributed by atoms with van der Waals surface area (Å²) in [4.78, 5) is 11.0. The number of carbonyl (C=O) groups excluding carboxylic acids is 1. The van der Waals surface area contributed by atoms with Crippen LogP contribution in [0.5, 0.6) is 0 Å². The van der Waals surface area contributed by atoms with Crippen LogP contribution in [-0.2, 0) is 16.1 Å². The van der Waals surface area contributed by atoms with E-state index in [9.17, 15) is 9.18 Å². The van der Waals surface area contributed by atoms with Crippen molar-refractivity contribution in [2.24, 2.45) is 0 Å². The molecular formula is C11H11FO2. The third kappa shape index (κ3) is 3.01. The molecule has 0 atom stereocenters. The summed E-state index contributed by atoms with van der Waals surface area (Å²) in [6.07, 6.45) is 0. The van der Waals surface area contributed by atoms with Crippen molar-refractivity contribution in [2.75, 3.05) is 6.67 Å². The fourth-order valence-electron chi connectivity index (χ4n) is 0.880. The van der Waals surface area contributed by atoms with Gasteiger partial charge in [-0.2, -0.15) is 0 Å². The van der Waals surface area contributed by atoms with Crippen molar-refractivity contribution in [1.29, 1.82) is 0 Å². The van der Waals surface area contributed by atoms with Crippen molar-refractivity contribution < 1.29 is 13.9 Å². The smallest absolute Gasteiger partial charge is 0.336 e. The molecule has 0 saturated carbocycles. The van der Waals surface area contributed by atoms with Crippen LogP contribution in [-0.4, -0.2) is 12.6 Å². The lowest BCUT2D eigenvalue weighted by Gasteiger charge is -2.04. The summed E-state index contributed by atoms with van der Waals surface area (Å²) in [5.41, 5.74) is 0.716. The van der Waals surface area contributed by atoms with Gasteiger partial charge < -0.3 is 4.74 Å². The lowest BCUT2D eigenvalue weighted by Crippen LogP contribution is -2.08. The summed E-state index contributed by atoms with van der Waals surface area (Å²) < 4.78 is 16.8. The van der Waals surface area contributed by atoms with Gasteiger partial charge in [0.05, 0.1) is 5.57 Å². The molecule has 1 aromatic carbocycles. The normalized spacial score (nSPS) is 9.50. The van der Waals surface area contributed by atoms with Crippen LogP contribution >= 0.6 is 0 Å². The summed E-state index contributed by atoms with van der Waals surface area (Å²) in [5, 5.41) is 0. The van der Waals surface area contributed by atoms with Crippen LogP contribution in [0, 0.1) is 0 Å². The second-order valence-corrected chi connectivity index (χ2v) is 2.80. The molecule has 0 bridgehead atoms. The molecule has 0 aliphatic heterocycles. The number of esters is 1. The summed E-state index contributed by atoms with van der Waals surface area (Å²) >= 11 is 0. The van der Waals surface area contributed by atoms with E-state index in [1.54, 1.807) is 0 Å². The first kappa shape index (κ1) is 10.4. The fraction of sp³-hybridized carbons (Fsp3) is 0.182. The number of alkyl halides is 1. The highest BCUT2D eigenvalue weighted by molar-refractivity contribution is 5.87. The number of hydrogen-bond acceptors (Lipinski definition) is 2. The molecule has 0 aromatic heterocycles. The fourth-order valence-corrected chi connectivity index (χ4v) is 0.880. The zero-order chi connectivity index (χ0) is 10.4. The number of carbonyl (C=O) groups is 1. The Balaban J connectivity index is 2.42. The molecule has 1 aromatic rings. The van der Waals surface area contributed by atoms with Gasteiger partial charge in [-0.05, 0) is 5.56 Å². The van der Waals surface area contributed by atoms with Gasteiger partial charge in [-0.25, -0.2) is 9.18 Å². The first-order chi connectivity index (χ1) is 6.74. The van der Waals surface area contributed by atoms with Crippen LogP contribution in [0.15, 0.2) is 42.5 Å². The number of rotatable bonds is 4. The molecule has 0 aliphatic rings. The van der Waals surface area contributed by atoms with E-state index in [1.807, 2.05) is 30.3 Å². The van der Waals surface area contributed by atoms with Gasteiger partial charge in [0.15, 0.2) is 0 Å². The minimum Gasteiger partial charge on any atom is -0.457 e. The van der Waals surface area contributed by atoms with E-state index in [1.165, 1.54) is 0 Å². The molecule has 0 unspecified atom stereocenters. The lowest BCUT2D eigenvalue weighted by molar-refractivity contribution is -0.140. The zero-order valence-corrected chi connectivity index (χ0v) is 7.70. The van der Waals surface area contributed by atoms with Crippen LogP contribution in [0.3, 0.4) is 0 Å². The van der Waals surface area contributed by atoms with Gasteiger partial charge >= 0.3 is 5.97 Å². The summed E-state index contributed by atoms with van der Waals surface area (Å²) in [5.74, 6) is -0.684. The van der Waals surface area contributed by atoms with Crippen LogP contribution in [0.25, 0.3) is 0 Å². The highest BCUT2D eigenvalue weighted by Crippen LogP contribution is 2.03. The maximum absolute atomic E-state index is 12.0. The molecular weight excluding hydrogens is 183 g/mol. The van der Waals surface area contributed by atoms with Gasteiger partial charge in [0.2, 0.25) is 0 Å². The topological polar surface area (TPSA) is 26.3 Å². The van der Waals surface area contributed by atoms with Gasteiger partial charge in [0.1, 0.15) is 13.3 Å². The lowest BCUT2D eigenvalue weighted by atomic mass is 10.2. The average Bonchev–Trinajstić information content (AvgIpc) is 2.26. The molecule has 0 N–H and O–H groups in total. The van der Waals surface area contributed by atoms with Crippen LogP contribution < -0.4 is 0 Å². The second kappa shape index (κ2) is 5.17. The number of halogens is 1. The van der Waals surface area contributed by atoms with Gasteiger partial charge in [-0.1, -0.05) is 36.9 Å². The zero-order valence-electron chi connectivity index (χ0n) is 7.70. The minimum atomic E-state index is -0.867. The second-order valence-electron chi connectivity index (χ2n) is 2.80. The Morgan fingerprint density at radius 1 is 1.36 bits per heavy atom. The van der Waals surface area contributed by atoms with Crippen molar-refractivity contribution in [3.63, 3.8) is 0 Å². The molecule has 14 heavy (non-hydrogen) atoms. The Morgan fingerprint density at radius 2 is 2.00 bits per heavy atom. The predicted octanol–water partition coefficient (Wildman–Crippen LogP) is 2.26. The van der Waals surface area contributed by atoms with Crippen molar-refractivity contribution in [1.82, 2.24) is 0 Å². The Morgan fingerprint density at radius 3 is 2.57 bits per heavy atom. The Kier molecular flexibility index (Phi) is 3.85. The molecule has 0 amide bonds. The van der Waals surface area contributed by atoms with Crippen molar-refractivity contribution in [3.05, 3.63) is 48.0 Å². The Bertz CT molecular complexity index is 319. The predicted molar refractivity (Wildman–Crippen MR) is 51.4 cm³/mol. The van der Waals surface area contributed by atoms with Crippen molar-refractivity contribution in [3.8, 4) is 0 Å². The minimum absolute atomic E-state index is 0.151. The van der Waals surface area contributed by atoms with Gasteiger partial charge in [-0.3, -0.25) is 0 Å². The third-order valence-corrected chi connectivity index (χ3v) is 1.66. The highest BCUT2D eigenvalue weighted by Gasteiger charge is 2.07. The van der Waals surface area contributed by atoms with E-state index >= 15 is 0 Å². The van der Waals surface area contributed by atoms with E-state index in [2.05, 4.69) is 6.58 Å². The largest absolute Gasteiger partial charge is 0.457 e. The summed E-state index contributed by atoms with van der Waals surface area (Å²) in [6, 6.07) is 9.20. The molecule has 0 heterocycles. The first-order valence-corrected chi connectivity index (χ1v) is 4.19. The Hall–Kier alpha value is -1.64. The molecule has 0 aliphatic carbocycles. The number of benzene rings is 1. The van der Waals surface area contributed by atoms with E-state index < -0.39 is 12.6 Å². The maximum Gasteiger partial charge on any atom is 0.336 e. The SMILES string of the molecule is C=C(CF)C(=O)OCc1ccccc1. The molecule has 0 spiro atoms.